The summed E-state index contributed by atoms with van der Waals surface area (Å²) >= 11 is 0. The SMILES string of the molecule is CCNC(=NCC(C)(O)CN1CCOCC1)NCC1CCCOC1C(C)(C)C.I. The van der Waals surface area contributed by atoms with E-state index in [2.05, 4.69) is 48.2 Å². The first-order valence-corrected chi connectivity index (χ1v) is 10.9. The van der Waals surface area contributed by atoms with Crippen molar-refractivity contribution in [1.29, 1.82) is 0 Å². The van der Waals surface area contributed by atoms with Gasteiger partial charge in [0.2, 0.25) is 0 Å². The second-order valence-corrected chi connectivity index (χ2v) is 9.52. The molecule has 3 unspecified atom stereocenters. The van der Waals surface area contributed by atoms with Crippen molar-refractivity contribution in [3.8, 4) is 0 Å². The van der Waals surface area contributed by atoms with E-state index in [1.54, 1.807) is 0 Å². The molecule has 2 saturated heterocycles. The van der Waals surface area contributed by atoms with E-state index in [1.807, 2.05) is 6.92 Å². The number of halogens is 1. The zero-order valence-corrected chi connectivity index (χ0v) is 21.3. The second-order valence-electron chi connectivity index (χ2n) is 9.52. The molecule has 2 rings (SSSR count). The van der Waals surface area contributed by atoms with Crippen molar-refractivity contribution in [2.45, 2.75) is 59.2 Å². The average Bonchev–Trinajstić information content (AvgIpc) is 2.64. The van der Waals surface area contributed by atoms with Crippen molar-refractivity contribution in [2.75, 3.05) is 59.1 Å². The summed E-state index contributed by atoms with van der Waals surface area (Å²) in [5, 5.41) is 17.6. The third-order valence-corrected chi connectivity index (χ3v) is 5.42. The van der Waals surface area contributed by atoms with Gasteiger partial charge in [0.15, 0.2) is 5.96 Å². The van der Waals surface area contributed by atoms with Crippen LogP contribution in [0.1, 0.15) is 47.5 Å². The highest BCUT2D eigenvalue weighted by molar-refractivity contribution is 14.0. The van der Waals surface area contributed by atoms with Gasteiger partial charge in [-0.25, -0.2) is 0 Å². The van der Waals surface area contributed by atoms with E-state index in [9.17, 15) is 5.11 Å². The molecule has 172 valence electrons. The van der Waals surface area contributed by atoms with E-state index in [-0.39, 0.29) is 35.5 Å². The number of guanidine groups is 1. The lowest BCUT2D eigenvalue weighted by molar-refractivity contribution is -0.0835. The Morgan fingerprint density at radius 1 is 1.14 bits per heavy atom. The minimum Gasteiger partial charge on any atom is -0.387 e. The molecule has 2 aliphatic rings. The first kappa shape index (κ1) is 26.9. The van der Waals surface area contributed by atoms with Crippen LogP contribution in [0.3, 0.4) is 0 Å². The fourth-order valence-corrected chi connectivity index (χ4v) is 4.12. The molecular weight excluding hydrogens is 483 g/mol. The van der Waals surface area contributed by atoms with Crippen LogP contribution >= 0.6 is 24.0 Å². The number of aliphatic imine (C=N–C) groups is 1. The van der Waals surface area contributed by atoms with Gasteiger partial charge >= 0.3 is 0 Å². The van der Waals surface area contributed by atoms with E-state index < -0.39 is 5.60 Å². The molecule has 3 N–H and O–H groups in total. The van der Waals surface area contributed by atoms with Crippen LogP contribution in [0.4, 0.5) is 0 Å². The van der Waals surface area contributed by atoms with Gasteiger partial charge in [-0.2, -0.15) is 0 Å². The van der Waals surface area contributed by atoms with Gasteiger partial charge in [0.25, 0.3) is 0 Å². The molecule has 0 radical (unpaired) electrons. The standard InChI is InChI=1S/C21H42N4O3.HI/c1-6-22-19(23-14-17-8-7-11-28-18(17)20(2,3)4)24-15-21(5,26)16-25-9-12-27-13-10-25;/h17-18,26H,6-16H2,1-5H3,(H2,22,23,24);1H. The molecule has 8 heteroatoms. The van der Waals surface area contributed by atoms with Gasteiger partial charge in [-0.15, -0.1) is 24.0 Å². The van der Waals surface area contributed by atoms with Crippen LogP contribution in [0.5, 0.6) is 0 Å². The van der Waals surface area contributed by atoms with Crippen molar-refractivity contribution in [2.24, 2.45) is 16.3 Å². The second kappa shape index (κ2) is 12.6. The summed E-state index contributed by atoms with van der Waals surface area (Å²) in [5.41, 5.74) is -0.730. The van der Waals surface area contributed by atoms with Gasteiger partial charge in [-0.3, -0.25) is 9.89 Å². The van der Waals surface area contributed by atoms with Gasteiger partial charge < -0.3 is 25.2 Å². The molecule has 0 aromatic heterocycles. The molecule has 3 atom stereocenters. The minimum absolute atomic E-state index is 0. The van der Waals surface area contributed by atoms with Crippen molar-refractivity contribution in [3.05, 3.63) is 0 Å². The summed E-state index contributed by atoms with van der Waals surface area (Å²) in [5.74, 6) is 1.23. The Labute approximate surface area is 194 Å². The maximum atomic E-state index is 10.8. The van der Waals surface area contributed by atoms with Crippen LogP contribution in [0.25, 0.3) is 0 Å². The van der Waals surface area contributed by atoms with Crippen molar-refractivity contribution >= 4 is 29.9 Å². The molecule has 7 nitrogen and oxygen atoms in total. The highest BCUT2D eigenvalue weighted by atomic mass is 127. The van der Waals surface area contributed by atoms with Crippen LogP contribution in [-0.4, -0.2) is 86.8 Å². The number of rotatable bonds is 7. The Hall–Kier alpha value is -0.160. The number of β-amino-alcohol motifs (C(OH)–C–C–N with tert-alkyl or cyclic N) is 1. The largest absolute Gasteiger partial charge is 0.387 e. The lowest BCUT2D eigenvalue weighted by atomic mass is 9.78. The molecule has 0 aromatic carbocycles. The van der Waals surface area contributed by atoms with Crippen molar-refractivity contribution in [3.63, 3.8) is 0 Å². The number of aliphatic hydroxyl groups is 1. The minimum atomic E-state index is -0.860. The summed E-state index contributed by atoms with van der Waals surface area (Å²) in [6.07, 6.45) is 2.53. The van der Waals surface area contributed by atoms with Gasteiger partial charge in [0.1, 0.15) is 0 Å². The number of nitrogens with zero attached hydrogens (tertiary/aromatic N) is 2. The van der Waals surface area contributed by atoms with E-state index >= 15 is 0 Å². The molecule has 2 fully saturated rings. The quantitative estimate of drug-likeness (QED) is 0.268. The number of nitrogens with one attached hydrogen (secondary N) is 2. The van der Waals surface area contributed by atoms with E-state index in [0.717, 1.165) is 58.4 Å². The molecule has 2 heterocycles. The molecule has 29 heavy (non-hydrogen) atoms. The molecule has 0 aromatic rings. The highest BCUT2D eigenvalue weighted by Gasteiger charge is 2.35. The predicted molar refractivity (Wildman–Crippen MR) is 129 cm³/mol. The lowest BCUT2D eigenvalue weighted by Gasteiger charge is -2.40. The Kier molecular flexibility index (Phi) is 11.7. The summed E-state index contributed by atoms with van der Waals surface area (Å²) in [6.45, 7) is 17.3. The Bertz CT molecular complexity index is 491. The topological polar surface area (TPSA) is 78.4 Å². The highest BCUT2D eigenvalue weighted by Crippen LogP contribution is 2.33. The van der Waals surface area contributed by atoms with Crippen LogP contribution in [0, 0.1) is 11.3 Å². The fraction of sp³-hybridized carbons (Fsp3) is 0.952. The van der Waals surface area contributed by atoms with Gasteiger partial charge in [0.05, 0.1) is 31.5 Å². The summed E-state index contributed by atoms with van der Waals surface area (Å²) in [7, 11) is 0. The van der Waals surface area contributed by atoms with Crippen molar-refractivity contribution in [1.82, 2.24) is 15.5 Å². The first-order chi connectivity index (χ1) is 13.2. The smallest absolute Gasteiger partial charge is 0.191 e. The maximum absolute atomic E-state index is 10.8. The zero-order valence-electron chi connectivity index (χ0n) is 19.0. The molecule has 0 amide bonds. The summed E-state index contributed by atoms with van der Waals surface area (Å²) in [4.78, 5) is 6.91. The fourth-order valence-electron chi connectivity index (χ4n) is 4.12. The number of ether oxygens (including phenoxy) is 2. The molecule has 0 bridgehead atoms. The number of morpholine rings is 1. The Balaban J connectivity index is 0.00000420. The first-order valence-electron chi connectivity index (χ1n) is 10.9. The predicted octanol–water partition coefficient (Wildman–Crippen LogP) is 2.08. The Morgan fingerprint density at radius 2 is 1.83 bits per heavy atom. The Morgan fingerprint density at radius 3 is 2.45 bits per heavy atom. The van der Waals surface area contributed by atoms with E-state index in [1.165, 1.54) is 6.42 Å². The maximum Gasteiger partial charge on any atom is 0.191 e. The van der Waals surface area contributed by atoms with E-state index in [4.69, 9.17) is 9.47 Å². The molecule has 0 spiro atoms. The lowest BCUT2D eigenvalue weighted by Crippen LogP contribution is -2.49. The average molecular weight is 527 g/mol. The number of hydrogen-bond acceptors (Lipinski definition) is 5. The van der Waals surface area contributed by atoms with E-state index in [0.29, 0.717) is 19.0 Å². The molecule has 0 aliphatic carbocycles. The zero-order chi connectivity index (χ0) is 20.6. The molecular formula is C21H43IN4O3. The molecule has 0 saturated carbocycles. The van der Waals surface area contributed by atoms with Gasteiger partial charge in [0, 0.05) is 45.2 Å². The van der Waals surface area contributed by atoms with Crippen LogP contribution < -0.4 is 10.6 Å². The summed E-state index contributed by atoms with van der Waals surface area (Å²) < 4.78 is 11.5. The van der Waals surface area contributed by atoms with Gasteiger partial charge in [-0.05, 0) is 32.1 Å². The monoisotopic (exact) mass is 526 g/mol. The summed E-state index contributed by atoms with van der Waals surface area (Å²) in [6, 6.07) is 0. The third kappa shape index (κ3) is 9.67. The molecule has 2 aliphatic heterocycles. The van der Waals surface area contributed by atoms with Gasteiger partial charge in [-0.1, -0.05) is 20.8 Å². The normalized spacial score (nSPS) is 26.3. The third-order valence-electron chi connectivity index (χ3n) is 5.42. The van der Waals surface area contributed by atoms with Crippen molar-refractivity contribution < 1.29 is 14.6 Å². The van der Waals surface area contributed by atoms with Crippen LogP contribution in [-0.2, 0) is 9.47 Å². The van der Waals surface area contributed by atoms with Crippen LogP contribution in [0.15, 0.2) is 4.99 Å². The van der Waals surface area contributed by atoms with Crippen LogP contribution in [0.2, 0.25) is 0 Å². The number of hydrogen-bond donors (Lipinski definition) is 3.